The SMILES string of the molecule is Brc1csc(Cn2cncc2[C@@H]2CCCN2)c1. The number of rotatable bonds is 3. The molecule has 0 amide bonds. The van der Waals surface area contributed by atoms with Gasteiger partial charge < -0.3 is 9.88 Å². The highest BCUT2D eigenvalue weighted by Gasteiger charge is 2.19. The Labute approximate surface area is 113 Å². The predicted octanol–water partition coefficient (Wildman–Crippen LogP) is 3.18. The molecule has 0 aliphatic carbocycles. The second kappa shape index (κ2) is 4.92. The van der Waals surface area contributed by atoms with E-state index in [4.69, 9.17) is 0 Å². The van der Waals surface area contributed by atoms with E-state index in [1.807, 2.05) is 12.5 Å². The molecule has 0 unspecified atom stereocenters. The largest absolute Gasteiger partial charge is 0.328 e. The zero-order chi connectivity index (χ0) is 11.7. The Bertz CT molecular complexity index is 499. The van der Waals surface area contributed by atoms with Gasteiger partial charge in [0.2, 0.25) is 0 Å². The minimum absolute atomic E-state index is 0.487. The first-order chi connectivity index (χ1) is 8.33. The number of thiophene rings is 1. The van der Waals surface area contributed by atoms with Gasteiger partial charge in [0.05, 0.1) is 18.6 Å². The Hall–Kier alpha value is -0.650. The van der Waals surface area contributed by atoms with Crippen LogP contribution in [0.5, 0.6) is 0 Å². The van der Waals surface area contributed by atoms with Gasteiger partial charge in [0, 0.05) is 27.0 Å². The molecule has 17 heavy (non-hydrogen) atoms. The van der Waals surface area contributed by atoms with Gasteiger partial charge in [-0.3, -0.25) is 0 Å². The van der Waals surface area contributed by atoms with E-state index in [9.17, 15) is 0 Å². The van der Waals surface area contributed by atoms with Gasteiger partial charge in [-0.15, -0.1) is 11.3 Å². The van der Waals surface area contributed by atoms with Crippen LogP contribution < -0.4 is 5.32 Å². The van der Waals surface area contributed by atoms with Crippen molar-refractivity contribution in [1.29, 1.82) is 0 Å². The summed E-state index contributed by atoms with van der Waals surface area (Å²) in [6, 6.07) is 2.66. The molecule has 3 heterocycles. The fraction of sp³-hybridized carbons (Fsp3) is 0.417. The fourth-order valence-corrected chi connectivity index (χ4v) is 3.74. The molecule has 2 aromatic heterocycles. The predicted molar refractivity (Wildman–Crippen MR) is 73.3 cm³/mol. The molecule has 1 fully saturated rings. The molecule has 90 valence electrons. The van der Waals surface area contributed by atoms with Crippen LogP contribution in [0.2, 0.25) is 0 Å². The van der Waals surface area contributed by atoms with Crippen LogP contribution in [0.3, 0.4) is 0 Å². The number of imidazole rings is 1. The van der Waals surface area contributed by atoms with Crippen LogP contribution in [0.4, 0.5) is 0 Å². The van der Waals surface area contributed by atoms with Gasteiger partial charge in [-0.2, -0.15) is 0 Å². The van der Waals surface area contributed by atoms with E-state index in [1.165, 1.54) is 23.4 Å². The third-order valence-electron chi connectivity index (χ3n) is 3.11. The maximum atomic E-state index is 4.29. The summed E-state index contributed by atoms with van der Waals surface area (Å²) in [6.07, 6.45) is 6.41. The summed E-state index contributed by atoms with van der Waals surface area (Å²) in [5.74, 6) is 0. The monoisotopic (exact) mass is 311 g/mol. The third-order valence-corrected chi connectivity index (χ3v) is 4.79. The van der Waals surface area contributed by atoms with Crippen molar-refractivity contribution in [2.45, 2.75) is 25.4 Å². The van der Waals surface area contributed by atoms with Crippen LogP contribution in [0.1, 0.15) is 29.5 Å². The number of hydrogen-bond acceptors (Lipinski definition) is 3. The lowest BCUT2D eigenvalue weighted by atomic mass is 10.2. The highest BCUT2D eigenvalue weighted by Crippen LogP contribution is 2.25. The van der Waals surface area contributed by atoms with Crippen LogP contribution in [0.15, 0.2) is 28.4 Å². The Balaban J connectivity index is 1.81. The minimum Gasteiger partial charge on any atom is -0.328 e. The van der Waals surface area contributed by atoms with E-state index < -0.39 is 0 Å². The van der Waals surface area contributed by atoms with Gasteiger partial charge in [-0.1, -0.05) is 0 Å². The zero-order valence-electron chi connectivity index (χ0n) is 9.40. The average molecular weight is 312 g/mol. The van der Waals surface area contributed by atoms with E-state index in [1.54, 1.807) is 11.3 Å². The first-order valence-corrected chi connectivity index (χ1v) is 7.46. The lowest BCUT2D eigenvalue weighted by molar-refractivity contribution is 0.586. The zero-order valence-corrected chi connectivity index (χ0v) is 11.8. The van der Waals surface area contributed by atoms with E-state index in [-0.39, 0.29) is 0 Å². The summed E-state index contributed by atoms with van der Waals surface area (Å²) >= 11 is 5.28. The van der Waals surface area contributed by atoms with E-state index >= 15 is 0 Å². The molecule has 0 bridgehead atoms. The molecule has 1 aliphatic rings. The molecular weight excluding hydrogens is 298 g/mol. The van der Waals surface area contributed by atoms with Crippen molar-refractivity contribution in [3.8, 4) is 0 Å². The number of halogens is 1. The number of nitrogens with zero attached hydrogens (tertiary/aromatic N) is 2. The van der Waals surface area contributed by atoms with E-state index in [0.29, 0.717) is 6.04 Å². The lowest BCUT2D eigenvalue weighted by Gasteiger charge is -2.13. The normalized spacial score (nSPS) is 19.9. The summed E-state index contributed by atoms with van der Waals surface area (Å²) in [5.41, 5.74) is 1.31. The van der Waals surface area contributed by atoms with Crippen LogP contribution >= 0.6 is 27.3 Å². The summed E-state index contributed by atoms with van der Waals surface area (Å²) in [5, 5.41) is 5.65. The molecule has 2 aromatic rings. The fourth-order valence-electron chi connectivity index (χ4n) is 2.29. The van der Waals surface area contributed by atoms with Crippen molar-refractivity contribution in [2.24, 2.45) is 0 Å². The Morgan fingerprint density at radius 1 is 1.59 bits per heavy atom. The Morgan fingerprint density at radius 3 is 3.24 bits per heavy atom. The highest BCUT2D eigenvalue weighted by atomic mass is 79.9. The molecule has 1 aliphatic heterocycles. The van der Waals surface area contributed by atoms with Gasteiger partial charge in [0.25, 0.3) is 0 Å². The summed E-state index contributed by atoms with van der Waals surface area (Å²) in [6.45, 7) is 2.05. The van der Waals surface area contributed by atoms with Crippen molar-refractivity contribution in [3.63, 3.8) is 0 Å². The topological polar surface area (TPSA) is 29.9 Å². The molecule has 3 nitrogen and oxygen atoms in total. The van der Waals surface area contributed by atoms with Crippen LogP contribution in [-0.4, -0.2) is 16.1 Å². The quantitative estimate of drug-likeness (QED) is 0.943. The molecule has 1 atom stereocenters. The van der Waals surface area contributed by atoms with Gasteiger partial charge in [0.1, 0.15) is 0 Å². The molecule has 0 spiro atoms. The maximum absolute atomic E-state index is 4.29. The maximum Gasteiger partial charge on any atom is 0.0952 e. The number of aromatic nitrogens is 2. The highest BCUT2D eigenvalue weighted by molar-refractivity contribution is 9.10. The van der Waals surface area contributed by atoms with Crippen molar-refractivity contribution in [3.05, 3.63) is 39.0 Å². The van der Waals surface area contributed by atoms with Gasteiger partial charge >= 0.3 is 0 Å². The van der Waals surface area contributed by atoms with Crippen LogP contribution in [-0.2, 0) is 6.54 Å². The lowest BCUT2D eigenvalue weighted by Crippen LogP contribution is -2.16. The van der Waals surface area contributed by atoms with E-state index in [2.05, 4.69) is 42.2 Å². The summed E-state index contributed by atoms with van der Waals surface area (Å²) < 4.78 is 3.42. The van der Waals surface area contributed by atoms with Crippen LogP contribution in [0.25, 0.3) is 0 Å². The molecule has 1 saturated heterocycles. The van der Waals surface area contributed by atoms with Crippen molar-refractivity contribution in [1.82, 2.24) is 14.9 Å². The standard InChI is InChI=1S/C12H14BrN3S/c13-9-4-10(17-7-9)6-16-8-14-5-12(16)11-2-1-3-15-11/h4-5,7-8,11,15H,1-3,6H2/t11-/m0/s1. The molecular formula is C12H14BrN3S. The number of nitrogens with one attached hydrogen (secondary N) is 1. The Morgan fingerprint density at radius 2 is 2.53 bits per heavy atom. The number of hydrogen-bond donors (Lipinski definition) is 1. The Kier molecular flexibility index (Phi) is 3.31. The summed E-state index contributed by atoms with van der Waals surface area (Å²) in [4.78, 5) is 5.64. The molecule has 0 aromatic carbocycles. The second-order valence-corrected chi connectivity index (χ2v) is 6.24. The molecule has 0 saturated carbocycles. The van der Waals surface area contributed by atoms with Gasteiger partial charge in [-0.25, -0.2) is 4.98 Å². The summed E-state index contributed by atoms with van der Waals surface area (Å²) in [7, 11) is 0. The third kappa shape index (κ3) is 2.46. The molecule has 0 radical (unpaired) electrons. The van der Waals surface area contributed by atoms with Gasteiger partial charge in [-0.05, 0) is 41.4 Å². The van der Waals surface area contributed by atoms with E-state index in [0.717, 1.165) is 17.6 Å². The van der Waals surface area contributed by atoms with Crippen molar-refractivity contribution < 1.29 is 0 Å². The molecule has 5 heteroatoms. The van der Waals surface area contributed by atoms with Gasteiger partial charge in [0.15, 0.2) is 0 Å². The smallest absolute Gasteiger partial charge is 0.0952 e. The van der Waals surface area contributed by atoms with Crippen molar-refractivity contribution in [2.75, 3.05) is 6.54 Å². The minimum atomic E-state index is 0.487. The first-order valence-electron chi connectivity index (χ1n) is 5.79. The molecule has 3 rings (SSSR count). The van der Waals surface area contributed by atoms with Crippen molar-refractivity contribution >= 4 is 27.3 Å². The van der Waals surface area contributed by atoms with Crippen LogP contribution in [0, 0.1) is 0 Å². The first kappa shape index (κ1) is 11.4. The molecule has 1 N–H and O–H groups in total. The average Bonchev–Trinajstić information content (AvgIpc) is 3.00. The second-order valence-electron chi connectivity index (χ2n) is 4.33.